The Kier molecular flexibility index (Phi) is 5.36. The Hall–Kier alpha value is -1.89. The summed E-state index contributed by atoms with van der Waals surface area (Å²) in [5.74, 6) is -1.38. The monoisotopic (exact) mass is 366 g/mol. The number of allylic oxidation sites excluding steroid dienone is 5. The van der Waals surface area contributed by atoms with Gasteiger partial charge in [0.1, 0.15) is 0 Å². The smallest absolute Gasteiger partial charge is 0.872 e. The first-order chi connectivity index (χ1) is 12.1. The Labute approximate surface area is 192 Å². The molecule has 4 nitrogen and oxygen atoms in total. The van der Waals surface area contributed by atoms with Gasteiger partial charge in [0.05, 0.1) is 5.57 Å². The molecule has 0 N–H and O–H groups in total. The van der Waals surface area contributed by atoms with Gasteiger partial charge in [-0.3, -0.25) is 14.4 Å². The fourth-order valence-corrected chi connectivity index (χ4v) is 3.09. The number of ketones is 3. The minimum Gasteiger partial charge on any atom is -0.872 e. The summed E-state index contributed by atoms with van der Waals surface area (Å²) in [5, 5.41) is 12.3. The summed E-state index contributed by atoms with van der Waals surface area (Å²) in [7, 11) is 0. The van der Waals surface area contributed by atoms with E-state index < -0.39 is 0 Å². The van der Waals surface area contributed by atoms with E-state index in [2.05, 4.69) is 0 Å². The zero-order valence-corrected chi connectivity index (χ0v) is 17.1. The van der Waals surface area contributed by atoms with Crippen molar-refractivity contribution in [1.29, 1.82) is 0 Å². The molecule has 0 radical (unpaired) electrons. The van der Waals surface area contributed by atoms with Gasteiger partial charge in [-0.15, -0.1) is 0 Å². The Morgan fingerprint density at radius 2 is 1.15 bits per heavy atom. The van der Waals surface area contributed by atoms with Crippen LogP contribution in [0.25, 0.3) is 5.76 Å². The molecular formula is C21H11KO4. The predicted octanol–water partition coefficient (Wildman–Crippen LogP) is -0.480. The van der Waals surface area contributed by atoms with Crippen molar-refractivity contribution in [1.82, 2.24) is 0 Å². The first-order valence-corrected chi connectivity index (χ1v) is 7.72. The molecule has 0 saturated heterocycles. The van der Waals surface area contributed by atoms with Crippen LogP contribution in [0.5, 0.6) is 0 Å². The molecule has 4 rings (SSSR count). The summed E-state index contributed by atoms with van der Waals surface area (Å²) >= 11 is 0. The maximum absolute atomic E-state index is 12.3. The van der Waals surface area contributed by atoms with E-state index in [9.17, 15) is 19.5 Å². The Bertz CT molecular complexity index is 1020. The van der Waals surface area contributed by atoms with Gasteiger partial charge in [0.15, 0.2) is 17.3 Å². The quantitative estimate of drug-likeness (QED) is 0.409. The van der Waals surface area contributed by atoms with Crippen LogP contribution in [0.2, 0.25) is 0 Å². The van der Waals surface area contributed by atoms with Crippen molar-refractivity contribution < 1.29 is 70.9 Å². The van der Waals surface area contributed by atoms with E-state index in [0.717, 1.165) is 0 Å². The number of hydrogen-bond donors (Lipinski definition) is 0. The number of carbonyl (C=O) groups is 3. The molecule has 120 valence electrons. The molecule has 2 aliphatic carbocycles. The molecule has 0 amide bonds. The zero-order valence-electron chi connectivity index (χ0n) is 14.0. The van der Waals surface area contributed by atoms with Gasteiger partial charge < -0.3 is 5.11 Å². The van der Waals surface area contributed by atoms with Crippen LogP contribution in [0, 0.1) is 0 Å². The second-order valence-corrected chi connectivity index (χ2v) is 5.76. The van der Waals surface area contributed by atoms with Crippen LogP contribution in [0.4, 0.5) is 0 Å². The molecule has 0 spiro atoms. The summed E-state index contributed by atoms with van der Waals surface area (Å²) in [6.07, 6.45) is 4.14. The minimum atomic E-state index is -0.345. The average molecular weight is 366 g/mol. The van der Waals surface area contributed by atoms with Gasteiger partial charge in [-0.25, -0.2) is 0 Å². The van der Waals surface area contributed by atoms with Crippen molar-refractivity contribution in [3.63, 3.8) is 0 Å². The van der Waals surface area contributed by atoms with E-state index in [1.807, 2.05) is 0 Å². The van der Waals surface area contributed by atoms with Crippen molar-refractivity contribution in [2.45, 2.75) is 0 Å². The summed E-state index contributed by atoms with van der Waals surface area (Å²) in [4.78, 5) is 36.8. The second-order valence-electron chi connectivity index (χ2n) is 5.76. The molecule has 0 heterocycles. The van der Waals surface area contributed by atoms with Crippen LogP contribution in [0.3, 0.4) is 0 Å². The molecule has 2 aliphatic rings. The number of hydrogen-bond acceptors (Lipinski definition) is 4. The summed E-state index contributed by atoms with van der Waals surface area (Å²) in [6.45, 7) is 0. The minimum absolute atomic E-state index is 0. The third-order valence-electron chi connectivity index (χ3n) is 4.34. The van der Waals surface area contributed by atoms with E-state index in [4.69, 9.17) is 0 Å². The molecule has 0 saturated carbocycles. The van der Waals surface area contributed by atoms with Gasteiger partial charge in [0, 0.05) is 22.3 Å². The van der Waals surface area contributed by atoms with Crippen molar-refractivity contribution in [3.8, 4) is 0 Å². The Morgan fingerprint density at radius 3 is 1.65 bits per heavy atom. The first-order valence-electron chi connectivity index (χ1n) is 7.72. The van der Waals surface area contributed by atoms with Gasteiger partial charge in [-0.05, 0) is 11.6 Å². The standard InChI is InChI=1S/C21H12O4.K/c22-18-12-6-1-2-7-13(12)19(23)16(18)10-5-11-17-20(24)14-8-3-4-9-15(14)21(17)25;/h1-11,22H;/q;+1/p-1/b10-5+;. The molecule has 5 heteroatoms. The van der Waals surface area contributed by atoms with Crippen LogP contribution in [-0.4, -0.2) is 17.3 Å². The molecular weight excluding hydrogens is 355 g/mol. The topological polar surface area (TPSA) is 74.3 Å². The van der Waals surface area contributed by atoms with Crippen molar-refractivity contribution in [2.24, 2.45) is 0 Å². The zero-order chi connectivity index (χ0) is 17.6. The van der Waals surface area contributed by atoms with Gasteiger partial charge in [-0.1, -0.05) is 66.4 Å². The van der Waals surface area contributed by atoms with Crippen LogP contribution >= 0.6 is 0 Å². The van der Waals surface area contributed by atoms with Crippen LogP contribution in [-0.2, 0) is 0 Å². The van der Waals surface area contributed by atoms with E-state index in [-0.39, 0.29) is 85.6 Å². The molecule has 0 atom stereocenters. The van der Waals surface area contributed by atoms with Crippen LogP contribution < -0.4 is 56.5 Å². The van der Waals surface area contributed by atoms with E-state index in [1.165, 1.54) is 18.2 Å². The molecule has 0 unspecified atom stereocenters. The predicted molar refractivity (Wildman–Crippen MR) is 90.0 cm³/mol. The Balaban J connectivity index is 0.00000196. The van der Waals surface area contributed by atoms with E-state index >= 15 is 0 Å². The first kappa shape index (κ1) is 18.9. The van der Waals surface area contributed by atoms with Crippen molar-refractivity contribution >= 4 is 23.1 Å². The fourth-order valence-electron chi connectivity index (χ4n) is 3.09. The van der Waals surface area contributed by atoms with Crippen LogP contribution in [0.15, 0.2) is 77.9 Å². The van der Waals surface area contributed by atoms with Gasteiger partial charge in [0.25, 0.3) is 0 Å². The molecule has 2 aromatic carbocycles. The average Bonchev–Trinajstić information content (AvgIpc) is 3.03. The third kappa shape index (κ3) is 2.92. The van der Waals surface area contributed by atoms with E-state index in [1.54, 1.807) is 48.5 Å². The third-order valence-corrected chi connectivity index (χ3v) is 4.34. The molecule has 0 fully saturated rings. The molecule has 0 bridgehead atoms. The van der Waals surface area contributed by atoms with Gasteiger partial charge in [0.2, 0.25) is 0 Å². The number of carbonyl (C=O) groups excluding carboxylic acids is 3. The Morgan fingerprint density at radius 1 is 0.692 bits per heavy atom. The molecule has 2 aromatic rings. The maximum Gasteiger partial charge on any atom is 1.00 e. The van der Waals surface area contributed by atoms with E-state index in [0.29, 0.717) is 22.3 Å². The van der Waals surface area contributed by atoms with Gasteiger partial charge >= 0.3 is 51.4 Å². The largest absolute Gasteiger partial charge is 1.00 e. The fraction of sp³-hybridized carbons (Fsp3) is 0. The number of Topliss-reactive ketones (excluding diaryl/α,β-unsaturated/α-hetero) is 3. The second kappa shape index (κ2) is 7.38. The number of fused-ring (bicyclic) bond motifs is 2. The summed E-state index contributed by atoms with van der Waals surface area (Å²) < 4.78 is 0. The molecule has 26 heavy (non-hydrogen) atoms. The summed E-state index contributed by atoms with van der Waals surface area (Å²) in [5.41, 5.74) is 1.57. The van der Waals surface area contributed by atoms with Crippen molar-refractivity contribution in [2.75, 3.05) is 0 Å². The SMILES string of the molecule is O=C1C(=C/C=C/C2=C([O-])c3ccccc3C2=O)C(=O)c2ccccc21.[K+]. The molecule has 0 aromatic heterocycles. The summed E-state index contributed by atoms with van der Waals surface area (Å²) in [6, 6.07) is 13.2. The number of rotatable bonds is 2. The number of benzene rings is 2. The van der Waals surface area contributed by atoms with Crippen molar-refractivity contribution in [3.05, 3.63) is 100 Å². The maximum atomic E-state index is 12.3. The van der Waals surface area contributed by atoms with Crippen LogP contribution in [0.1, 0.15) is 36.6 Å². The normalized spacial score (nSPS) is 15.4. The van der Waals surface area contributed by atoms with Gasteiger partial charge in [-0.2, -0.15) is 0 Å². The molecule has 0 aliphatic heterocycles.